The van der Waals surface area contributed by atoms with Gasteiger partial charge in [-0.1, -0.05) is 0 Å². The summed E-state index contributed by atoms with van der Waals surface area (Å²) in [7, 11) is 0. The van der Waals surface area contributed by atoms with E-state index < -0.39 is 0 Å². The smallest absolute Gasteiger partial charge is 0.292 e. The van der Waals surface area contributed by atoms with Gasteiger partial charge in [0.15, 0.2) is 0 Å². The minimum Gasteiger partial charge on any atom is -0.431 e. The molecule has 1 rings (SSSR count). The van der Waals surface area contributed by atoms with Crippen LogP contribution in [0.25, 0.3) is 0 Å². The van der Waals surface area contributed by atoms with E-state index >= 15 is 0 Å². The predicted molar refractivity (Wildman–Crippen MR) is 40.1 cm³/mol. The number of aliphatic hydroxyl groups is 1. The highest BCUT2D eigenvalue weighted by molar-refractivity contribution is 6.27. The molecule has 0 fully saturated rings. The van der Waals surface area contributed by atoms with Crippen LogP contribution in [0.2, 0.25) is 5.35 Å². The van der Waals surface area contributed by atoms with Gasteiger partial charge in [-0.25, -0.2) is 4.98 Å². The Morgan fingerprint density at radius 3 is 3.00 bits per heavy atom. The zero-order valence-corrected chi connectivity index (χ0v) is 6.58. The first kappa shape index (κ1) is 8.52. The number of aromatic nitrogens is 1. The Hall–Kier alpha value is -0.580. The minimum absolute atomic E-state index is 0.0273. The molecule has 1 aromatic rings. The second-order valence-electron chi connectivity index (χ2n) is 2.13. The van der Waals surface area contributed by atoms with E-state index in [0.29, 0.717) is 12.2 Å². The molecule has 0 aromatic carbocycles. The quantitative estimate of drug-likeness (QED) is 0.712. The Morgan fingerprint density at radius 1 is 1.82 bits per heavy atom. The van der Waals surface area contributed by atoms with Crippen molar-refractivity contribution in [2.45, 2.75) is 12.5 Å². The molecule has 1 atom stereocenters. The van der Waals surface area contributed by atoms with Crippen molar-refractivity contribution < 1.29 is 9.52 Å². The molecule has 5 heteroatoms. The third-order valence-corrected chi connectivity index (χ3v) is 1.48. The Labute approximate surface area is 69.0 Å². The van der Waals surface area contributed by atoms with Gasteiger partial charge in [-0.3, -0.25) is 0 Å². The number of nitrogens with two attached hydrogens (primary N) is 1. The van der Waals surface area contributed by atoms with Gasteiger partial charge < -0.3 is 15.3 Å². The largest absolute Gasteiger partial charge is 0.431 e. The molecule has 11 heavy (non-hydrogen) atoms. The van der Waals surface area contributed by atoms with Gasteiger partial charge >= 0.3 is 0 Å². The second-order valence-corrected chi connectivity index (χ2v) is 2.46. The number of halogens is 1. The lowest BCUT2D eigenvalue weighted by atomic mass is 10.2. The van der Waals surface area contributed by atoms with Gasteiger partial charge in [0.05, 0.1) is 12.2 Å². The number of hydrogen-bond donors (Lipinski definition) is 2. The van der Waals surface area contributed by atoms with E-state index in [2.05, 4.69) is 4.98 Å². The number of hydrogen-bond acceptors (Lipinski definition) is 4. The standard InChI is InChI=1S/C6H9ClN2O2/c7-6-9-3-5(11-6)4(8)1-2-10/h3-4,10H,1-2,8H2. The fraction of sp³-hybridized carbons (Fsp3) is 0.500. The van der Waals surface area contributed by atoms with Gasteiger partial charge in [0, 0.05) is 6.61 Å². The number of nitrogens with zero attached hydrogens (tertiary/aromatic N) is 1. The van der Waals surface area contributed by atoms with E-state index in [1.54, 1.807) is 0 Å². The molecule has 0 radical (unpaired) electrons. The first-order valence-corrected chi connectivity index (χ1v) is 3.59. The van der Waals surface area contributed by atoms with E-state index in [4.69, 9.17) is 26.9 Å². The third kappa shape index (κ3) is 2.18. The van der Waals surface area contributed by atoms with Crippen LogP contribution in [-0.2, 0) is 0 Å². The van der Waals surface area contributed by atoms with Gasteiger partial charge in [-0.2, -0.15) is 0 Å². The second kappa shape index (κ2) is 3.71. The molecular formula is C6H9ClN2O2. The number of aliphatic hydroxyl groups excluding tert-OH is 1. The van der Waals surface area contributed by atoms with Crippen molar-refractivity contribution in [3.05, 3.63) is 17.3 Å². The molecule has 0 saturated heterocycles. The topological polar surface area (TPSA) is 72.3 Å². The molecule has 3 N–H and O–H groups in total. The lowest BCUT2D eigenvalue weighted by Gasteiger charge is -2.03. The van der Waals surface area contributed by atoms with Crippen molar-refractivity contribution >= 4 is 11.6 Å². The zero-order valence-electron chi connectivity index (χ0n) is 5.83. The molecule has 0 aliphatic carbocycles. The van der Waals surface area contributed by atoms with Crippen molar-refractivity contribution in [3.8, 4) is 0 Å². The summed E-state index contributed by atoms with van der Waals surface area (Å²) in [6.45, 7) is 0.0273. The molecule has 0 saturated carbocycles. The summed E-state index contributed by atoms with van der Waals surface area (Å²) in [6.07, 6.45) is 1.91. The molecule has 1 heterocycles. The minimum atomic E-state index is -0.319. The highest BCUT2D eigenvalue weighted by Gasteiger charge is 2.09. The van der Waals surface area contributed by atoms with Crippen LogP contribution in [0, 0.1) is 0 Å². The van der Waals surface area contributed by atoms with E-state index in [-0.39, 0.29) is 18.0 Å². The van der Waals surface area contributed by atoms with Crippen molar-refractivity contribution in [2.24, 2.45) is 5.73 Å². The van der Waals surface area contributed by atoms with Gasteiger partial charge in [-0.05, 0) is 18.0 Å². The van der Waals surface area contributed by atoms with Crippen LogP contribution in [0.3, 0.4) is 0 Å². The summed E-state index contributed by atoms with van der Waals surface area (Å²) in [5.41, 5.74) is 5.57. The predicted octanol–water partition coefficient (Wildman–Crippen LogP) is 0.710. The van der Waals surface area contributed by atoms with E-state index in [1.807, 2.05) is 0 Å². The summed E-state index contributed by atoms with van der Waals surface area (Å²) in [6, 6.07) is -0.319. The maximum atomic E-state index is 8.53. The highest BCUT2D eigenvalue weighted by atomic mass is 35.5. The summed E-state index contributed by atoms with van der Waals surface area (Å²) in [5.74, 6) is 0.504. The van der Waals surface area contributed by atoms with Crippen LogP contribution in [0.15, 0.2) is 10.6 Å². The highest BCUT2D eigenvalue weighted by Crippen LogP contribution is 2.16. The fourth-order valence-corrected chi connectivity index (χ4v) is 0.855. The number of rotatable bonds is 3. The van der Waals surface area contributed by atoms with Crippen molar-refractivity contribution in [1.29, 1.82) is 0 Å². The summed E-state index contributed by atoms with van der Waals surface area (Å²) >= 11 is 5.41. The molecule has 0 bridgehead atoms. The van der Waals surface area contributed by atoms with E-state index in [9.17, 15) is 0 Å². The van der Waals surface area contributed by atoms with E-state index in [1.165, 1.54) is 6.20 Å². The molecule has 0 spiro atoms. The molecule has 62 valence electrons. The molecule has 1 aromatic heterocycles. The summed E-state index contributed by atoms with van der Waals surface area (Å²) in [4.78, 5) is 3.66. The maximum absolute atomic E-state index is 8.53. The third-order valence-electron chi connectivity index (χ3n) is 1.30. The molecule has 0 aliphatic heterocycles. The maximum Gasteiger partial charge on any atom is 0.292 e. The van der Waals surface area contributed by atoms with Crippen LogP contribution in [0.1, 0.15) is 18.2 Å². The SMILES string of the molecule is NC(CCO)c1cnc(Cl)o1. The van der Waals surface area contributed by atoms with Crippen molar-refractivity contribution in [3.63, 3.8) is 0 Å². The Bertz CT molecular complexity index is 226. The summed E-state index contributed by atoms with van der Waals surface area (Å²) in [5, 5.41) is 8.61. The van der Waals surface area contributed by atoms with Crippen LogP contribution in [0.5, 0.6) is 0 Å². The van der Waals surface area contributed by atoms with Gasteiger partial charge in [-0.15, -0.1) is 0 Å². The van der Waals surface area contributed by atoms with Crippen LogP contribution >= 0.6 is 11.6 Å². The molecular weight excluding hydrogens is 168 g/mol. The Morgan fingerprint density at radius 2 is 2.55 bits per heavy atom. The Kier molecular flexibility index (Phi) is 2.87. The van der Waals surface area contributed by atoms with Gasteiger partial charge in [0.25, 0.3) is 5.35 Å². The lowest BCUT2D eigenvalue weighted by molar-refractivity contribution is 0.269. The van der Waals surface area contributed by atoms with Crippen LogP contribution in [-0.4, -0.2) is 16.7 Å². The van der Waals surface area contributed by atoms with Crippen molar-refractivity contribution in [2.75, 3.05) is 6.61 Å². The Balaban J connectivity index is 2.60. The summed E-state index contributed by atoms with van der Waals surface area (Å²) < 4.78 is 4.92. The average molecular weight is 177 g/mol. The molecule has 4 nitrogen and oxygen atoms in total. The van der Waals surface area contributed by atoms with Gasteiger partial charge in [0.2, 0.25) is 0 Å². The van der Waals surface area contributed by atoms with Crippen LogP contribution < -0.4 is 5.73 Å². The van der Waals surface area contributed by atoms with Crippen molar-refractivity contribution in [1.82, 2.24) is 4.98 Å². The van der Waals surface area contributed by atoms with Gasteiger partial charge in [0.1, 0.15) is 5.76 Å². The molecule has 1 unspecified atom stereocenters. The number of oxazole rings is 1. The first-order chi connectivity index (χ1) is 5.24. The first-order valence-electron chi connectivity index (χ1n) is 3.21. The lowest BCUT2D eigenvalue weighted by Crippen LogP contribution is -2.10. The van der Waals surface area contributed by atoms with E-state index in [0.717, 1.165) is 0 Å². The fourth-order valence-electron chi connectivity index (χ4n) is 0.717. The monoisotopic (exact) mass is 176 g/mol. The molecule has 0 amide bonds. The average Bonchev–Trinajstić information content (AvgIpc) is 2.36. The van der Waals surface area contributed by atoms with Crippen LogP contribution in [0.4, 0.5) is 0 Å². The normalized spacial score (nSPS) is 13.4. The molecule has 0 aliphatic rings. The zero-order chi connectivity index (χ0) is 8.27.